The molecule has 5 rings (SSSR count). The van der Waals surface area contributed by atoms with Crippen LogP contribution in [0.1, 0.15) is 66.9 Å². The summed E-state index contributed by atoms with van der Waals surface area (Å²) in [5.41, 5.74) is 2.55. The molecule has 1 atom stereocenters. The van der Waals surface area contributed by atoms with Crippen LogP contribution in [0.3, 0.4) is 0 Å². The zero-order chi connectivity index (χ0) is 22.8. The summed E-state index contributed by atoms with van der Waals surface area (Å²) in [6.07, 6.45) is 8.91. The van der Waals surface area contributed by atoms with E-state index in [1.54, 1.807) is 20.3 Å². The number of methoxy groups -OCH3 is 2. The molecule has 2 saturated heterocycles. The van der Waals surface area contributed by atoms with Gasteiger partial charge in [-0.15, -0.1) is 0 Å². The summed E-state index contributed by atoms with van der Waals surface area (Å²) in [5, 5.41) is 0. The second-order valence-electron chi connectivity index (χ2n) is 10.00. The highest BCUT2D eigenvalue weighted by atomic mass is 16.5. The summed E-state index contributed by atoms with van der Waals surface area (Å²) < 4.78 is 10.8. The monoisotopic (exact) mass is 448 g/mol. The van der Waals surface area contributed by atoms with Crippen LogP contribution >= 0.6 is 0 Å². The number of benzene rings is 2. The van der Waals surface area contributed by atoms with Crippen LogP contribution in [0.5, 0.6) is 11.5 Å². The first-order valence-electron chi connectivity index (χ1n) is 12.5. The van der Waals surface area contributed by atoms with E-state index in [2.05, 4.69) is 35.2 Å². The molecule has 2 heterocycles. The van der Waals surface area contributed by atoms with Gasteiger partial charge in [0.1, 0.15) is 11.5 Å². The van der Waals surface area contributed by atoms with Crippen LogP contribution in [0.2, 0.25) is 0 Å². The van der Waals surface area contributed by atoms with E-state index in [0.717, 1.165) is 25.9 Å². The largest absolute Gasteiger partial charge is 0.497 e. The van der Waals surface area contributed by atoms with Gasteiger partial charge in [0.2, 0.25) is 0 Å². The van der Waals surface area contributed by atoms with Gasteiger partial charge in [0.05, 0.1) is 19.8 Å². The zero-order valence-electron chi connectivity index (χ0n) is 20.0. The molecular weight excluding hydrogens is 412 g/mol. The summed E-state index contributed by atoms with van der Waals surface area (Å²) in [5.74, 6) is 1.33. The first kappa shape index (κ1) is 22.3. The van der Waals surface area contributed by atoms with Crippen molar-refractivity contribution >= 4 is 5.91 Å². The highest BCUT2D eigenvalue weighted by molar-refractivity contribution is 5.97. The lowest BCUT2D eigenvalue weighted by Gasteiger charge is -2.63. The first-order chi connectivity index (χ1) is 16.1. The molecule has 3 aliphatic rings. The van der Waals surface area contributed by atoms with E-state index in [-0.39, 0.29) is 5.91 Å². The van der Waals surface area contributed by atoms with Gasteiger partial charge in [0.25, 0.3) is 5.91 Å². The molecule has 1 amide bonds. The SMILES string of the molecule is COc1ccc(C(=O)N2CCC(N3CC4(CCCCC4)C3c3ccccc3)CC2)c(OC)c1. The van der Waals surface area contributed by atoms with Crippen LogP contribution in [0.15, 0.2) is 48.5 Å². The van der Waals surface area contributed by atoms with Crippen LogP contribution in [0.25, 0.3) is 0 Å². The Bertz CT molecular complexity index is 962. The van der Waals surface area contributed by atoms with Crippen molar-refractivity contribution in [1.82, 2.24) is 9.80 Å². The van der Waals surface area contributed by atoms with Crippen molar-refractivity contribution in [3.63, 3.8) is 0 Å². The van der Waals surface area contributed by atoms with Gasteiger partial charge in [0, 0.05) is 43.2 Å². The minimum atomic E-state index is 0.0555. The number of carbonyl (C=O) groups is 1. The number of piperidine rings is 1. The quantitative estimate of drug-likeness (QED) is 0.621. The average Bonchev–Trinajstić information content (AvgIpc) is 2.88. The summed E-state index contributed by atoms with van der Waals surface area (Å²) in [6.45, 7) is 2.81. The van der Waals surface area contributed by atoms with Gasteiger partial charge in [-0.3, -0.25) is 9.69 Å². The molecule has 0 aromatic heterocycles. The van der Waals surface area contributed by atoms with Crippen LogP contribution in [0.4, 0.5) is 0 Å². The van der Waals surface area contributed by atoms with Gasteiger partial charge in [0.15, 0.2) is 0 Å². The van der Waals surface area contributed by atoms with Gasteiger partial charge < -0.3 is 14.4 Å². The minimum absolute atomic E-state index is 0.0555. The van der Waals surface area contributed by atoms with Gasteiger partial charge in [-0.25, -0.2) is 0 Å². The minimum Gasteiger partial charge on any atom is -0.497 e. The Hall–Kier alpha value is -2.53. The fraction of sp³-hybridized carbons (Fsp3) is 0.536. The Morgan fingerprint density at radius 3 is 2.33 bits per heavy atom. The molecule has 5 heteroatoms. The number of ether oxygens (including phenoxy) is 2. The predicted molar refractivity (Wildman–Crippen MR) is 130 cm³/mol. The van der Waals surface area contributed by atoms with E-state index in [0.29, 0.717) is 34.6 Å². The molecule has 0 bridgehead atoms. The average molecular weight is 449 g/mol. The van der Waals surface area contributed by atoms with E-state index in [4.69, 9.17) is 9.47 Å². The maximum atomic E-state index is 13.3. The number of hydrogen-bond donors (Lipinski definition) is 0. The Balaban J connectivity index is 1.27. The fourth-order valence-corrected chi connectivity index (χ4v) is 6.53. The number of rotatable bonds is 5. The number of nitrogens with zero attached hydrogens (tertiary/aromatic N) is 2. The molecule has 2 aromatic rings. The highest BCUT2D eigenvalue weighted by Gasteiger charge is 2.54. The Morgan fingerprint density at radius 2 is 1.67 bits per heavy atom. The summed E-state index contributed by atoms with van der Waals surface area (Å²) in [4.78, 5) is 18.0. The second-order valence-corrected chi connectivity index (χ2v) is 10.00. The molecule has 3 fully saturated rings. The Morgan fingerprint density at radius 1 is 0.939 bits per heavy atom. The second kappa shape index (κ2) is 9.38. The number of carbonyl (C=O) groups excluding carboxylic acids is 1. The third kappa shape index (κ3) is 4.12. The van der Waals surface area contributed by atoms with Gasteiger partial charge >= 0.3 is 0 Å². The number of likely N-dealkylation sites (tertiary alicyclic amines) is 2. The van der Waals surface area contributed by atoms with Gasteiger partial charge in [-0.2, -0.15) is 0 Å². The molecular formula is C28H36N2O3. The summed E-state index contributed by atoms with van der Waals surface area (Å²) in [7, 11) is 3.23. The third-order valence-electron chi connectivity index (χ3n) is 8.23. The molecule has 1 saturated carbocycles. The lowest BCUT2D eigenvalue weighted by atomic mass is 9.60. The van der Waals surface area contributed by atoms with Crippen molar-refractivity contribution in [2.24, 2.45) is 5.41 Å². The Labute approximate surface area is 197 Å². The molecule has 0 radical (unpaired) electrons. The molecule has 0 N–H and O–H groups in total. The predicted octanol–water partition coefficient (Wildman–Crippen LogP) is 5.32. The molecule has 1 aliphatic carbocycles. The summed E-state index contributed by atoms with van der Waals surface area (Å²) >= 11 is 0. The number of amides is 1. The zero-order valence-corrected chi connectivity index (χ0v) is 20.0. The lowest BCUT2D eigenvalue weighted by Crippen LogP contribution is -2.63. The number of hydrogen-bond acceptors (Lipinski definition) is 4. The van der Waals surface area contributed by atoms with E-state index in [1.165, 1.54) is 44.2 Å². The van der Waals surface area contributed by atoms with Crippen molar-refractivity contribution in [3.8, 4) is 11.5 Å². The van der Waals surface area contributed by atoms with E-state index < -0.39 is 0 Å². The highest BCUT2D eigenvalue weighted by Crippen LogP contribution is 2.58. The van der Waals surface area contributed by atoms with Crippen LogP contribution in [-0.4, -0.2) is 55.6 Å². The van der Waals surface area contributed by atoms with E-state index >= 15 is 0 Å². The molecule has 1 spiro atoms. The van der Waals surface area contributed by atoms with E-state index in [9.17, 15) is 4.79 Å². The van der Waals surface area contributed by atoms with Crippen LogP contribution < -0.4 is 9.47 Å². The molecule has 1 unspecified atom stereocenters. The van der Waals surface area contributed by atoms with Crippen molar-refractivity contribution in [2.45, 2.75) is 57.0 Å². The van der Waals surface area contributed by atoms with Gasteiger partial charge in [-0.05, 0) is 43.4 Å². The Kier molecular flexibility index (Phi) is 6.33. The molecule has 5 nitrogen and oxygen atoms in total. The molecule has 33 heavy (non-hydrogen) atoms. The van der Waals surface area contributed by atoms with Crippen molar-refractivity contribution in [3.05, 3.63) is 59.7 Å². The summed E-state index contributed by atoms with van der Waals surface area (Å²) in [6, 6.07) is 17.7. The van der Waals surface area contributed by atoms with Crippen molar-refractivity contribution < 1.29 is 14.3 Å². The van der Waals surface area contributed by atoms with Gasteiger partial charge in [-0.1, -0.05) is 49.6 Å². The smallest absolute Gasteiger partial charge is 0.257 e. The standard InChI is InChI=1S/C28H36N2O3/c1-32-23-11-12-24(25(19-23)33-2)27(31)29-17-13-22(14-18-29)30-20-28(15-7-4-8-16-28)26(30)21-9-5-3-6-10-21/h3,5-6,9-12,19,22,26H,4,7-8,13-18,20H2,1-2H3. The molecule has 2 aromatic carbocycles. The first-order valence-corrected chi connectivity index (χ1v) is 12.5. The third-order valence-corrected chi connectivity index (χ3v) is 8.23. The maximum Gasteiger partial charge on any atom is 0.257 e. The normalized spacial score (nSPS) is 23.2. The fourth-order valence-electron chi connectivity index (χ4n) is 6.53. The topological polar surface area (TPSA) is 42.0 Å². The van der Waals surface area contributed by atoms with Crippen LogP contribution in [-0.2, 0) is 0 Å². The maximum absolute atomic E-state index is 13.3. The van der Waals surface area contributed by atoms with Crippen molar-refractivity contribution in [2.75, 3.05) is 33.9 Å². The van der Waals surface area contributed by atoms with E-state index in [1.807, 2.05) is 17.0 Å². The lowest BCUT2D eigenvalue weighted by molar-refractivity contribution is -0.132. The van der Waals surface area contributed by atoms with Crippen LogP contribution in [0, 0.1) is 5.41 Å². The molecule has 176 valence electrons. The molecule has 2 aliphatic heterocycles. The van der Waals surface area contributed by atoms with Crippen molar-refractivity contribution in [1.29, 1.82) is 0 Å².